The highest BCUT2D eigenvalue weighted by Crippen LogP contribution is 2.34. The van der Waals surface area contributed by atoms with E-state index in [1.165, 1.54) is 0 Å². The van der Waals surface area contributed by atoms with E-state index in [-0.39, 0.29) is 6.79 Å². The highest BCUT2D eigenvalue weighted by molar-refractivity contribution is 6.17. The molecule has 2 rings (SSSR count). The van der Waals surface area contributed by atoms with Gasteiger partial charge in [0.05, 0.1) is 5.88 Å². The molecule has 0 fully saturated rings. The number of rotatable bonds is 3. The molecule has 4 heteroatoms. The molecule has 1 aromatic carbocycles. The summed E-state index contributed by atoms with van der Waals surface area (Å²) in [5.41, 5.74) is 0. The van der Waals surface area contributed by atoms with Gasteiger partial charge in [0.25, 0.3) is 0 Å². The molecule has 0 bridgehead atoms. The molecule has 0 radical (unpaired) electrons. The standard InChI is InChI=1S/C9H9ClO3/c10-3-4-11-7-1-2-8-9(5-7)13-6-12-8/h1-2,5H,3-4,6H2. The summed E-state index contributed by atoms with van der Waals surface area (Å²) in [6.07, 6.45) is 0. The molecule has 0 N–H and O–H groups in total. The maximum absolute atomic E-state index is 5.49. The van der Waals surface area contributed by atoms with E-state index < -0.39 is 0 Å². The van der Waals surface area contributed by atoms with Gasteiger partial charge in [0.1, 0.15) is 12.4 Å². The summed E-state index contributed by atoms with van der Waals surface area (Å²) in [6.45, 7) is 0.787. The van der Waals surface area contributed by atoms with Crippen molar-refractivity contribution < 1.29 is 14.2 Å². The van der Waals surface area contributed by atoms with E-state index >= 15 is 0 Å². The minimum Gasteiger partial charge on any atom is -0.492 e. The molecule has 1 aliphatic rings. The largest absolute Gasteiger partial charge is 0.492 e. The quantitative estimate of drug-likeness (QED) is 0.699. The molecule has 0 atom stereocenters. The fourth-order valence-corrected chi connectivity index (χ4v) is 1.20. The predicted octanol–water partition coefficient (Wildman–Crippen LogP) is 2.03. The van der Waals surface area contributed by atoms with Crippen molar-refractivity contribution >= 4 is 11.6 Å². The zero-order valence-corrected chi connectivity index (χ0v) is 7.71. The normalized spacial score (nSPS) is 13.0. The minimum absolute atomic E-state index is 0.286. The van der Waals surface area contributed by atoms with Gasteiger partial charge in [-0.2, -0.15) is 0 Å². The van der Waals surface area contributed by atoms with Crippen LogP contribution >= 0.6 is 11.6 Å². The van der Waals surface area contributed by atoms with Crippen molar-refractivity contribution in [2.45, 2.75) is 0 Å². The van der Waals surface area contributed by atoms with Crippen molar-refractivity contribution in [1.82, 2.24) is 0 Å². The molecular weight excluding hydrogens is 192 g/mol. The van der Waals surface area contributed by atoms with Crippen LogP contribution in [0.2, 0.25) is 0 Å². The van der Waals surface area contributed by atoms with Crippen LogP contribution in [-0.2, 0) is 0 Å². The summed E-state index contributed by atoms with van der Waals surface area (Å²) < 4.78 is 15.7. The van der Waals surface area contributed by atoms with E-state index in [1.807, 2.05) is 12.1 Å². The average Bonchev–Trinajstić information content (AvgIpc) is 2.61. The highest BCUT2D eigenvalue weighted by atomic mass is 35.5. The first-order chi connectivity index (χ1) is 6.40. The first-order valence-corrected chi connectivity index (χ1v) is 4.52. The van der Waals surface area contributed by atoms with Crippen molar-refractivity contribution in [3.63, 3.8) is 0 Å². The molecular formula is C9H9ClO3. The Kier molecular flexibility index (Phi) is 2.45. The number of halogens is 1. The Bertz CT molecular complexity index is 301. The van der Waals surface area contributed by atoms with Gasteiger partial charge < -0.3 is 14.2 Å². The van der Waals surface area contributed by atoms with Gasteiger partial charge in [0.2, 0.25) is 6.79 Å². The molecule has 1 aromatic rings. The lowest BCUT2D eigenvalue weighted by molar-refractivity contribution is 0.174. The lowest BCUT2D eigenvalue weighted by atomic mass is 10.3. The van der Waals surface area contributed by atoms with E-state index in [0.29, 0.717) is 12.5 Å². The molecule has 3 nitrogen and oxygen atoms in total. The van der Waals surface area contributed by atoms with Gasteiger partial charge in [-0.15, -0.1) is 11.6 Å². The van der Waals surface area contributed by atoms with Crippen LogP contribution in [0, 0.1) is 0 Å². The van der Waals surface area contributed by atoms with E-state index in [0.717, 1.165) is 17.2 Å². The summed E-state index contributed by atoms with van der Waals surface area (Å²) >= 11 is 5.49. The molecule has 0 aromatic heterocycles. The summed E-state index contributed by atoms with van der Waals surface area (Å²) in [5, 5.41) is 0. The Morgan fingerprint density at radius 2 is 2.15 bits per heavy atom. The van der Waals surface area contributed by atoms with E-state index in [2.05, 4.69) is 0 Å². The maximum Gasteiger partial charge on any atom is 0.231 e. The molecule has 0 unspecified atom stereocenters. The number of hydrogen-bond donors (Lipinski definition) is 0. The van der Waals surface area contributed by atoms with Crippen LogP contribution < -0.4 is 14.2 Å². The molecule has 0 saturated carbocycles. The topological polar surface area (TPSA) is 27.7 Å². The van der Waals surface area contributed by atoms with E-state index in [9.17, 15) is 0 Å². The van der Waals surface area contributed by atoms with Crippen LogP contribution in [0.1, 0.15) is 0 Å². The van der Waals surface area contributed by atoms with Crippen molar-refractivity contribution in [3.05, 3.63) is 18.2 Å². The van der Waals surface area contributed by atoms with Crippen LogP contribution in [-0.4, -0.2) is 19.3 Å². The molecule has 70 valence electrons. The van der Waals surface area contributed by atoms with Gasteiger partial charge in [-0.05, 0) is 12.1 Å². The number of ether oxygens (including phenoxy) is 3. The van der Waals surface area contributed by atoms with Crippen LogP contribution in [0.4, 0.5) is 0 Å². The molecule has 1 aliphatic heterocycles. The number of benzene rings is 1. The fraction of sp³-hybridized carbons (Fsp3) is 0.333. The van der Waals surface area contributed by atoms with Crippen molar-refractivity contribution in [2.75, 3.05) is 19.3 Å². The highest BCUT2D eigenvalue weighted by Gasteiger charge is 2.13. The van der Waals surface area contributed by atoms with Crippen molar-refractivity contribution in [2.24, 2.45) is 0 Å². The van der Waals surface area contributed by atoms with Crippen molar-refractivity contribution in [3.8, 4) is 17.2 Å². The molecule has 0 spiro atoms. The van der Waals surface area contributed by atoms with Crippen LogP contribution in [0.5, 0.6) is 17.2 Å². The van der Waals surface area contributed by atoms with E-state index in [1.54, 1.807) is 6.07 Å². The zero-order chi connectivity index (χ0) is 9.10. The predicted molar refractivity (Wildman–Crippen MR) is 48.8 cm³/mol. The lowest BCUT2D eigenvalue weighted by Gasteiger charge is -2.03. The first-order valence-electron chi connectivity index (χ1n) is 3.98. The Hall–Kier alpha value is -1.09. The average molecular weight is 201 g/mol. The summed E-state index contributed by atoms with van der Waals surface area (Å²) in [4.78, 5) is 0. The Labute approximate surface area is 81.2 Å². The number of alkyl halides is 1. The second kappa shape index (κ2) is 3.75. The third-order valence-electron chi connectivity index (χ3n) is 1.69. The maximum atomic E-state index is 5.49. The Balaban J connectivity index is 2.12. The van der Waals surface area contributed by atoms with E-state index in [4.69, 9.17) is 25.8 Å². The lowest BCUT2D eigenvalue weighted by Crippen LogP contribution is -1.97. The molecule has 0 aliphatic carbocycles. The van der Waals surface area contributed by atoms with Gasteiger partial charge in [-0.25, -0.2) is 0 Å². The Morgan fingerprint density at radius 3 is 3.00 bits per heavy atom. The van der Waals surface area contributed by atoms with Gasteiger partial charge in [-0.3, -0.25) is 0 Å². The summed E-state index contributed by atoms with van der Waals surface area (Å²) in [5.74, 6) is 2.73. The summed E-state index contributed by atoms with van der Waals surface area (Å²) in [6, 6.07) is 5.46. The second-order valence-corrected chi connectivity index (χ2v) is 2.93. The molecule has 13 heavy (non-hydrogen) atoms. The monoisotopic (exact) mass is 200 g/mol. The molecule has 1 heterocycles. The van der Waals surface area contributed by atoms with Crippen LogP contribution in [0.3, 0.4) is 0 Å². The van der Waals surface area contributed by atoms with Crippen LogP contribution in [0.15, 0.2) is 18.2 Å². The zero-order valence-electron chi connectivity index (χ0n) is 6.96. The van der Waals surface area contributed by atoms with Gasteiger partial charge in [-0.1, -0.05) is 0 Å². The van der Waals surface area contributed by atoms with Crippen molar-refractivity contribution in [1.29, 1.82) is 0 Å². The Morgan fingerprint density at radius 1 is 1.31 bits per heavy atom. The number of fused-ring (bicyclic) bond motifs is 1. The smallest absolute Gasteiger partial charge is 0.231 e. The SMILES string of the molecule is ClCCOc1ccc2c(c1)OCO2. The third kappa shape index (κ3) is 1.80. The summed E-state index contributed by atoms with van der Waals surface area (Å²) in [7, 11) is 0. The second-order valence-electron chi connectivity index (χ2n) is 2.55. The van der Waals surface area contributed by atoms with Gasteiger partial charge in [0, 0.05) is 6.07 Å². The number of hydrogen-bond acceptors (Lipinski definition) is 3. The molecule has 0 amide bonds. The van der Waals surface area contributed by atoms with Crippen LogP contribution in [0.25, 0.3) is 0 Å². The first kappa shape index (κ1) is 8.51. The van der Waals surface area contributed by atoms with Gasteiger partial charge >= 0.3 is 0 Å². The van der Waals surface area contributed by atoms with Gasteiger partial charge in [0.15, 0.2) is 11.5 Å². The minimum atomic E-state index is 0.286. The fourth-order valence-electron chi connectivity index (χ4n) is 1.12. The molecule has 0 saturated heterocycles. The third-order valence-corrected chi connectivity index (χ3v) is 1.84.